The van der Waals surface area contributed by atoms with Crippen molar-refractivity contribution in [1.82, 2.24) is 10.2 Å². The first kappa shape index (κ1) is 13.7. The fourth-order valence-electron chi connectivity index (χ4n) is 2.51. The van der Waals surface area contributed by atoms with E-state index in [4.69, 9.17) is 0 Å². The number of benzene rings is 1. The molecule has 4 nitrogen and oxygen atoms in total. The minimum atomic E-state index is 0.00228. The number of amides is 1. The normalized spacial score (nSPS) is 19.3. The molecule has 1 aliphatic heterocycles. The van der Waals surface area contributed by atoms with Gasteiger partial charge in [0.1, 0.15) is 0 Å². The van der Waals surface area contributed by atoms with Crippen LogP contribution < -0.4 is 5.32 Å². The number of nitrogens with one attached hydrogen (secondary N) is 1. The number of nitrogens with zero attached hydrogens (tertiary/aromatic N) is 1. The summed E-state index contributed by atoms with van der Waals surface area (Å²) in [5.74, 6) is 0.233. The Morgan fingerprint density at radius 2 is 2.05 bits per heavy atom. The number of hydrogen-bond acceptors (Lipinski definition) is 3. The fourth-order valence-corrected chi connectivity index (χ4v) is 2.51. The van der Waals surface area contributed by atoms with Crippen molar-refractivity contribution >= 4 is 11.7 Å². The molecule has 1 aromatic rings. The van der Waals surface area contributed by atoms with Crippen molar-refractivity contribution in [2.75, 3.05) is 19.6 Å². The van der Waals surface area contributed by atoms with Crippen LogP contribution in [0.25, 0.3) is 0 Å². The number of rotatable bonds is 5. The Morgan fingerprint density at radius 1 is 1.32 bits per heavy atom. The van der Waals surface area contributed by atoms with Gasteiger partial charge in [-0.25, -0.2) is 0 Å². The van der Waals surface area contributed by atoms with Gasteiger partial charge in [0.2, 0.25) is 5.91 Å². The van der Waals surface area contributed by atoms with Crippen LogP contribution in [0.4, 0.5) is 0 Å². The van der Waals surface area contributed by atoms with Gasteiger partial charge in [0.15, 0.2) is 5.78 Å². The number of carbonyl (C=O) groups excluding carboxylic acids is 2. The predicted molar refractivity (Wildman–Crippen MR) is 73.8 cm³/mol. The first-order valence-electron chi connectivity index (χ1n) is 6.68. The topological polar surface area (TPSA) is 49.4 Å². The maximum absolute atomic E-state index is 12.0. The third-order valence-electron chi connectivity index (χ3n) is 3.32. The molecule has 1 heterocycles. The molecule has 102 valence electrons. The lowest BCUT2D eigenvalue weighted by Crippen LogP contribution is -2.37. The smallest absolute Gasteiger partial charge is 0.217 e. The van der Waals surface area contributed by atoms with Crippen molar-refractivity contribution in [3.05, 3.63) is 35.9 Å². The summed E-state index contributed by atoms with van der Waals surface area (Å²) in [7, 11) is 0. The van der Waals surface area contributed by atoms with Gasteiger partial charge in [-0.3, -0.25) is 14.5 Å². The van der Waals surface area contributed by atoms with Crippen LogP contribution in [0, 0.1) is 0 Å². The van der Waals surface area contributed by atoms with Gasteiger partial charge in [-0.15, -0.1) is 0 Å². The second-order valence-corrected chi connectivity index (χ2v) is 5.12. The minimum absolute atomic E-state index is 0.00228. The second-order valence-electron chi connectivity index (χ2n) is 5.12. The molecular weight excluding hydrogens is 240 g/mol. The quantitative estimate of drug-likeness (QED) is 0.859. The van der Waals surface area contributed by atoms with Crippen molar-refractivity contribution < 1.29 is 9.59 Å². The van der Waals surface area contributed by atoms with E-state index in [0.717, 1.165) is 25.1 Å². The van der Waals surface area contributed by atoms with E-state index in [1.165, 1.54) is 6.92 Å². The van der Waals surface area contributed by atoms with Gasteiger partial charge < -0.3 is 5.32 Å². The molecule has 1 saturated heterocycles. The van der Waals surface area contributed by atoms with Crippen molar-refractivity contribution in [2.45, 2.75) is 25.8 Å². The zero-order valence-corrected chi connectivity index (χ0v) is 11.3. The van der Waals surface area contributed by atoms with E-state index in [1.807, 2.05) is 30.3 Å². The van der Waals surface area contributed by atoms with Crippen LogP contribution in [0.1, 0.15) is 18.9 Å². The van der Waals surface area contributed by atoms with Gasteiger partial charge in [0.25, 0.3) is 0 Å². The van der Waals surface area contributed by atoms with Crippen LogP contribution in [0.5, 0.6) is 0 Å². The number of carbonyl (C=O) groups is 2. The van der Waals surface area contributed by atoms with Crippen LogP contribution in [0.2, 0.25) is 0 Å². The van der Waals surface area contributed by atoms with Crippen LogP contribution in [0.3, 0.4) is 0 Å². The van der Waals surface area contributed by atoms with Crippen LogP contribution in [-0.4, -0.2) is 42.3 Å². The third-order valence-corrected chi connectivity index (χ3v) is 3.32. The van der Waals surface area contributed by atoms with Gasteiger partial charge in [-0.1, -0.05) is 30.3 Å². The molecule has 0 radical (unpaired) electrons. The zero-order valence-electron chi connectivity index (χ0n) is 11.3. The molecule has 1 fully saturated rings. The van der Waals surface area contributed by atoms with Gasteiger partial charge in [-0.2, -0.15) is 0 Å². The molecule has 1 atom stereocenters. The molecule has 19 heavy (non-hydrogen) atoms. The molecule has 0 aromatic heterocycles. The Bertz CT molecular complexity index is 445. The summed E-state index contributed by atoms with van der Waals surface area (Å²) in [5.41, 5.74) is 1.06. The maximum Gasteiger partial charge on any atom is 0.217 e. The Hall–Kier alpha value is -1.68. The van der Waals surface area contributed by atoms with Crippen molar-refractivity contribution in [3.8, 4) is 0 Å². The molecule has 2 rings (SSSR count). The van der Waals surface area contributed by atoms with Crippen molar-refractivity contribution in [3.63, 3.8) is 0 Å². The summed E-state index contributed by atoms with van der Waals surface area (Å²) >= 11 is 0. The van der Waals surface area contributed by atoms with Crippen molar-refractivity contribution in [2.24, 2.45) is 0 Å². The van der Waals surface area contributed by atoms with E-state index < -0.39 is 0 Å². The summed E-state index contributed by atoms with van der Waals surface area (Å²) in [6, 6.07) is 9.99. The summed E-state index contributed by atoms with van der Waals surface area (Å²) < 4.78 is 0. The SMILES string of the molecule is CC(=O)NC1CCN(CC(=O)Cc2ccccc2)C1. The zero-order chi connectivity index (χ0) is 13.7. The van der Waals surface area contributed by atoms with Crippen LogP contribution in [-0.2, 0) is 16.0 Å². The van der Waals surface area contributed by atoms with E-state index in [1.54, 1.807) is 0 Å². The van der Waals surface area contributed by atoms with E-state index >= 15 is 0 Å². The first-order chi connectivity index (χ1) is 9.13. The molecule has 0 saturated carbocycles. The van der Waals surface area contributed by atoms with Gasteiger partial charge in [-0.05, 0) is 12.0 Å². The van der Waals surface area contributed by atoms with E-state index in [2.05, 4.69) is 10.2 Å². The molecule has 1 aromatic carbocycles. The molecule has 1 amide bonds. The number of likely N-dealkylation sites (tertiary alicyclic amines) is 1. The molecular formula is C15H20N2O2. The highest BCUT2D eigenvalue weighted by atomic mass is 16.1. The maximum atomic E-state index is 12.0. The van der Waals surface area contributed by atoms with Crippen LogP contribution >= 0.6 is 0 Å². The predicted octanol–water partition coefficient (Wildman–Crippen LogP) is 1.01. The number of Topliss-reactive ketones (excluding diaryl/α,β-unsaturated/α-hetero) is 1. The lowest BCUT2D eigenvalue weighted by Gasteiger charge is -2.15. The largest absolute Gasteiger partial charge is 0.352 e. The highest BCUT2D eigenvalue weighted by Crippen LogP contribution is 2.09. The van der Waals surface area contributed by atoms with Gasteiger partial charge in [0, 0.05) is 32.5 Å². The van der Waals surface area contributed by atoms with E-state index in [9.17, 15) is 9.59 Å². The monoisotopic (exact) mass is 260 g/mol. The van der Waals surface area contributed by atoms with Gasteiger partial charge in [0.05, 0.1) is 6.54 Å². The lowest BCUT2D eigenvalue weighted by molar-refractivity contribution is -0.119. The Morgan fingerprint density at radius 3 is 2.74 bits per heavy atom. The average molecular weight is 260 g/mol. The Balaban J connectivity index is 1.76. The Labute approximate surface area is 113 Å². The fraction of sp³-hybridized carbons (Fsp3) is 0.467. The van der Waals surface area contributed by atoms with Gasteiger partial charge >= 0.3 is 0 Å². The van der Waals surface area contributed by atoms with E-state index in [-0.39, 0.29) is 17.7 Å². The summed E-state index contributed by atoms with van der Waals surface area (Å²) in [6.45, 7) is 3.67. The molecule has 0 bridgehead atoms. The standard InChI is InChI=1S/C15H20N2O2/c1-12(18)16-14-7-8-17(10-14)11-15(19)9-13-5-3-2-4-6-13/h2-6,14H,7-11H2,1H3,(H,16,18). The third kappa shape index (κ3) is 4.48. The molecule has 4 heteroatoms. The highest BCUT2D eigenvalue weighted by molar-refractivity contribution is 5.82. The Kier molecular flexibility index (Phi) is 4.68. The summed E-state index contributed by atoms with van der Waals surface area (Å²) in [5, 5.41) is 2.90. The molecule has 0 spiro atoms. The first-order valence-corrected chi connectivity index (χ1v) is 6.68. The highest BCUT2D eigenvalue weighted by Gasteiger charge is 2.24. The summed E-state index contributed by atoms with van der Waals surface area (Å²) in [6.07, 6.45) is 1.42. The molecule has 1 aliphatic rings. The lowest BCUT2D eigenvalue weighted by atomic mass is 10.1. The van der Waals surface area contributed by atoms with Crippen molar-refractivity contribution in [1.29, 1.82) is 0 Å². The minimum Gasteiger partial charge on any atom is -0.352 e. The average Bonchev–Trinajstić information content (AvgIpc) is 2.76. The van der Waals surface area contributed by atoms with Crippen LogP contribution in [0.15, 0.2) is 30.3 Å². The number of ketones is 1. The molecule has 1 unspecified atom stereocenters. The summed E-state index contributed by atoms with van der Waals surface area (Å²) in [4.78, 5) is 25.1. The van der Waals surface area contributed by atoms with E-state index in [0.29, 0.717) is 13.0 Å². The molecule has 0 aliphatic carbocycles. The second kappa shape index (κ2) is 6.48. The molecule has 1 N–H and O–H groups in total. The number of hydrogen-bond donors (Lipinski definition) is 1.